The predicted octanol–water partition coefficient (Wildman–Crippen LogP) is 0.0948. The van der Waals surface area contributed by atoms with Gasteiger partial charge in [0.25, 0.3) is 5.91 Å². The maximum Gasteiger partial charge on any atom is 0.270 e. The van der Waals surface area contributed by atoms with Crippen LogP contribution in [-0.4, -0.2) is 61.2 Å². The molecule has 0 radical (unpaired) electrons. The van der Waals surface area contributed by atoms with Gasteiger partial charge in [0.2, 0.25) is 0 Å². The van der Waals surface area contributed by atoms with Crippen molar-refractivity contribution in [1.82, 2.24) is 15.2 Å². The molecule has 1 atom stereocenters. The summed E-state index contributed by atoms with van der Waals surface area (Å²) >= 11 is 1.49. The zero-order chi connectivity index (χ0) is 14.4. The van der Waals surface area contributed by atoms with E-state index in [1.165, 1.54) is 11.3 Å². The van der Waals surface area contributed by atoms with E-state index < -0.39 is 0 Å². The van der Waals surface area contributed by atoms with E-state index in [4.69, 9.17) is 10.5 Å². The van der Waals surface area contributed by atoms with E-state index in [0.29, 0.717) is 24.8 Å². The van der Waals surface area contributed by atoms with Gasteiger partial charge in [0, 0.05) is 37.5 Å². The first-order valence-corrected chi connectivity index (χ1v) is 7.83. The number of aromatic nitrogens is 1. The number of amides is 1. The summed E-state index contributed by atoms with van der Waals surface area (Å²) in [4.78, 5) is 18.6. The Hall–Kier alpha value is -1.02. The minimum atomic E-state index is -0.107. The molecule has 1 aromatic heterocycles. The van der Waals surface area contributed by atoms with Crippen molar-refractivity contribution in [2.75, 3.05) is 39.4 Å². The fraction of sp³-hybridized carbons (Fsp3) is 0.692. The molecule has 2 rings (SSSR count). The second-order valence-corrected chi connectivity index (χ2v) is 5.82. The topological polar surface area (TPSA) is 80.5 Å². The van der Waals surface area contributed by atoms with Crippen LogP contribution in [0.2, 0.25) is 0 Å². The molecule has 1 saturated heterocycles. The molecule has 0 saturated carbocycles. The van der Waals surface area contributed by atoms with Crippen LogP contribution >= 0.6 is 11.3 Å². The third-order valence-electron chi connectivity index (χ3n) is 3.37. The molecule has 3 N–H and O–H groups in total. The highest BCUT2D eigenvalue weighted by Crippen LogP contribution is 2.10. The Labute approximate surface area is 123 Å². The number of hydrogen-bond donors (Lipinski definition) is 2. The normalized spacial score (nSPS) is 17.9. The SMILES string of the molecule is CC(CNC(=O)c1csc(CCN)n1)N1CCOCC1. The number of hydrogen-bond acceptors (Lipinski definition) is 6. The molecular weight excluding hydrogens is 276 g/mol. The molecule has 0 aliphatic carbocycles. The van der Waals surface area contributed by atoms with Crippen LogP contribution in [0.1, 0.15) is 22.4 Å². The second kappa shape index (κ2) is 7.68. The number of ether oxygens (including phenoxy) is 1. The number of carbonyl (C=O) groups is 1. The molecule has 1 aliphatic rings. The van der Waals surface area contributed by atoms with Gasteiger partial charge in [0.05, 0.1) is 18.2 Å². The monoisotopic (exact) mass is 298 g/mol. The van der Waals surface area contributed by atoms with Crippen LogP contribution in [0.3, 0.4) is 0 Å². The first-order chi connectivity index (χ1) is 9.70. The van der Waals surface area contributed by atoms with Gasteiger partial charge in [0.1, 0.15) is 5.69 Å². The van der Waals surface area contributed by atoms with Crippen molar-refractivity contribution in [1.29, 1.82) is 0 Å². The van der Waals surface area contributed by atoms with Crippen molar-refractivity contribution < 1.29 is 9.53 Å². The van der Waals surface area contributed by atoms with Crippen molar-refractivity contribution in [2.24, 2.45) is 5.73 Å². The van der Waals surface area contributed by atoms with Crippen molar-refractivity contribution in [3.8, 4) is 0 Å². The molecule has 7 heteroatoms. The number of morpholine rings is 1. The van der Waals surface area contributed by atoms with Gasteiger partial charge in [-0.2, -0.15) is 0 Å². The summed E-state index contributed by atoms with van der Waals surface area (Å²) < 4.78 is 5.32. The number of rotatable bonds is 6. The Morgan fingerprint density at radius 3 is 3.05 bits per heavy atom. The number of nitrogens with two attached hydrogens (primary N) is 1. The summed E-state index contributed by atoms with van der Waals surface area (Å²) in [6.45, 7) is 6.69. The van der Waals surface area contributed by atoms with Crippen molar-refractivity contribution in [3.63, 3.8) is 0 Å². The maximum absolute atomic E-state index is 12.0. The lowest BCUT2D eigenvalue weighted by molar-refractivity contribution is 0.0204. The molecule has 1 fully saturated rings. The standard InChI is InChI=1S/C13H22N4O2S/c1-10(17-4-6-19-7-5-17)8-15-13(18)11-9-20-12(16-11)2-3-14/h9-10H,2-8,14H2,1H3,(H,15,18). The van der Waals surface area contributed by atoms with Crippen molar-refractivity contribution in [3.05, 3.63) is 16.1 Å². The molecule has 6 nitrogen and oxygen atoms in total. The minimum absolute atomic E-state index is 0.107. The molecule has 0 spiro atoms. The molecule has 1 aliphatic heterocycles. The zero-order valence-corrected chi connectivity index (χ0v) is 12.6. The summed E-state index contributed by atoms with van der Waals surface area (Å²) in [5, 5.41) is 5.65. The van der Waals surface area contributed by atoms with Crippen LogP contribution < -0.4 is 11.1 Å². The van der Waals surface area contributed by atoms with Gasteiger partial charge in [-0.25, -0.2) is 4.98 Å². The Balaban J connectivity index is 1.78. The average molecular weight is 298 g/mol. The van der Waals surface area contributed by atoms with Gasteiger partial charge >= 0.3 is 0 Å². The van der Waals surface area contributed by atoms with E-state index in [1.54, 1.807) is 5.38 Å². The molecule has 1 amide bonds. The Bertz CT molecular complexity index is 432. The van der Waals surface area contributed by atoms with Crippen molar-refractivity contribution >= 4 is 17.2 Å². The summed E-state index contributed by atoms with van der Waals surface area (Å²) in [7, 11) is 0. The van der Waals surface area contributed by atoms with Crippen LogP contribution in [0.15, 0.2) is 5.38 Å². The highest BCUT2D eigenvalue weighted by molar-refractivity contribution is 7.09. The van der Waals surface area contributed by atoms with E-state index in [1.807, 2.05) is 0 Å². The second-order valence-electron chi connectivity index (χ2n) is 4.87. The number of thiazole rings is 1. The van der Waals surface area contributed by atoms with Gasteiger partial charge < -0.3 is 15.8 Å². The van der Waals surface area contributed by atoms with Gasteiger partial charge in [-0.1, -0.05) is 0 Å². The van der Waals surface area contributed by atoms with Crippen LogP contribution in [0.5, 0.6) is 0 Å². The van der Waals surface area contributed by atoms with Crippen LogP contribution in [0, 0.1) is 0 Å². The van der Waals surface area contributed by atoms with Crippen LogP contribution in [-0.2, 0) is 11.2 Å². The fourth-order valence-electron chi connectivity index (χ4n) is 2.13. The first-order valence-electron chi connectivity index (χ1n) is 6.95. The molecule has 20 heavy (non-hydrogen) atoms. The van der Waals surface area contributed by atoms with Crippen molar-refractivity contribution in [2.45, 2.75) is 19.4 Å². The van der Waals surface area contributed by atoms with E-state index in [0.717, 1.165) is 37.7 Å². The summed E-state index contributed by atoms with van der Waals surface area (Å²) in [6.07, 6.45) is 0.724. The molecule has 2 heterocycles. The summed E-state index contributed by atoms with van der Waals surface area (Å²) in [6, 6.07) is 0.310. The Morgan fingerprint density at radius 2 is 2.35 bits per heavy atom. The lowest BCUT2D eigenvalue weighted by Gasteiger charge is -2.32. The lowest BCUT2D eigenvalue weighted by atomic mass is 10.2. The third kappa shape index (κ3) is 4.24. The summed E-state index contributed by atoms with van der Waals surface area (Å²) in [5.41, 5.74) is 5.97. The van der Waals surface area contributed by atoms with Gasteiger partial charge in [-0.05, 0) is 13.5 Å². The highest BCUT2D eigenvalue weighted by atomic mass is 32.1. The average Bonchev–Trinajstić information content (AvgIpc) is 2.94. The van der Waals surface area contributed by atoms with E-state index in [-0.39, 0.29) is 5.91 Å². The fourth-order valence-corrected chi connectivity index (χ4v) is 2.93. The van der Waals surface area contributed by atoms with Gasteiger partial charge in [0.15, 0.2) is 0 Å². The number of nitrogens with one attached hydrogen (secondary N) is 1. The number of carbonyl (C=O) groups excluding carboxylic acids is 1. The predicted molar refractivity (Wildman–Crippen MR) is 79.1 cm³/mol. The van der Waals surface area contributed by atoms with Crippen LogP contribution in [0.4, 0.5) is 0 Å². The highest BCUT2D eigenvalue weighted by Gasteiger charge is 2.18. The minimum Gasteiger partial charge on any atom is -0.379 e. The largest absolute Gasteiger partial charge is 0.379 e. The molecule has 0 bridgehead atoms. The third-order valence-corrected chi connectivity index (χ3v) is 4.28. The zero-order valence-electron chi connectivity index (χ0n) is 11.8. The lowest BCUT2D eigenvalue weighted by Crippen LogP contribution is -2.47. The molecule has 0 aromatic carbocycles. The molecule has 1 unspecified atom stereocenters. The molecular formula is C13H22N4O2S. The maximum atomic E-state index is 12.0. The van der Waals surface area contributed by atoms with E-state index in [9.17, 15) is 4.79 Å². The molecule has 112 valence electrons. The summed E-state index contributed by atoms with van der Waals surface area (Å²) in [5.74, 6) is -0.107. The smallest absolute Gasteiger partial charge is 0.270 e. The molecule has 1 aromatic rings. The quantitative estimate of drug-likeness (QED) is 0.778. The Kier molecular flexibility index (Phi) is 5.90. The van der Waals surface area contributed by atoms with Crippen LogP contribution in [0.25, 0.3) is 0 Å². The van der Waals surface area contributed by atoms with E-state index in [2.05, 4.69) is 22.1 Å². The van der Waals surface area contributed by atoms with E-state index >= 15 is 0 Å². The van der Waals surface area contributed by atoms with Gasteiger partial charge in [-0.3, -0.25) is 9.69 Å². The van der Waals surface area contributed by atoms with Gasteiger partial charge in [-0.15, -0.1) is 11.3 Å². The Morgan fingerprint density at radius 1 is 1.60 bits per heavy atom. The first kappa shape index (κ1) is 15.4. The number of nitrogens with zero attached hydrogens (tertiary/aromatic N) is 2.